The first kappa shape index (κ1) is 15.3. The number of nitrogens with one attached hydrogen (secondary N) is 1. The molecule has 4 nitrogen and oxygen atoms in total. The lowest BCUT2D eigenvalue weighted by molar-refractivity contribution is 0.211. The van der Waals surface area contributed by atoms with Gasteiger partial charge in [0.1, 0.15) is 5.75 Å². The van der Waals surface area contributed by atoms with Crippen molar-refractivity contribution in [2.75, 3.05) is 33.8 Å². The summed E-state index contributed by atoms with van der Waals surface area (Å²) in [6.07, 6.45) is 3.96. The Hall–Kier alpha value is -1.13. The van der Waals surface area contributed by atoms with Crippen molar-refractivity contribution in [1.29, 1.82) is 0 Å². The van der Waals surface area contributed by atoms with E-state index in [0.717, 1.165) is 36.1 Å². The third kappa shape index (κ3) is 4.76. The number of hydrogen-bond donors (Lipinski definition) is 1. The number of hydrogen-bond acceptors (Lipinski definition) is 4. The number of rotatable bonds is 6. The van der Waals surface area contributed by atoms with Gasteiger partial charge < -0.3 is 15.0 Å². The fraction of sp³-hybridized carbons (Fsp3) is 0.688. The molecule has 112 valence electrons. The molecular weight excluding hydrogens is 250 g/mol. The first-order valence-electron chi connectivity index (χ1n) is 7.58. The summed E-state index contributed by atoms with van der Waals surface area (Å²) in [5.41, 5.74) is 2.07. The van der Waals surface area contributed by atoms with E-state index in [0.29, 0.717) is 0 Å². The lowest BCUT2D eigenvalue weighted by atomic mass is 9.94. The van der Waals surface area contributed by atoms with E-state index in [2.05, 4.69) is 22.2 Å². The van der Waals surface area contributed by atoms with Crippen molar-refractivity contribution < 1.29 is 4.74 Å². The smallest absolute Gasteiger partial charge is 0.122 e. The third-order valence-corrected chi connectivity index (χ3v) is 4.09. The highest BCUT2D eigenvalue weighted by atomic mass is 16.5. The molecule has 2 rings (SSSR count). The van der Waals surface area contributed by atoms with Crippen molar-refractivity contribution in [3.05, 3.63) is 23.5 Å². The Kier molecular flexibility index (Phi) is 5.80. The third-order valence-electron chi connectivity index (χ3n) is 4.09. The molecule has 0 amide bonds. The highest BCUT2D eigenvalue weighted by Crippen LogP contribution is 2.19. The van der Waals surface area contributed by atoms with E-state index in [-0.39, 0.29) is 0 Å². The van der Waals surface area contributed by atoms with E-state index in [9.17, 15) is 0 Å². The molecule has 0 aromatic carbocycles. The molecule has 0 aliphatic carbocycles. The molecule has 0 unspecified atom stereocenters. The fourth-order valence-electron chi connectivity index (χ4n) is 2.78. The molecule has 20 heavy (non-hydrogen) atoms. The number of nitrogens with zero attached hydrogens (tertiary/aromatic N) is 2. The summed E-state index contributed by atoms with van der Waals surface area (Å²) in [5.74, 6) is 1.78. The second kappa shape index (κ2) is 7.60. The highest BCUT2D eigenvalue weighted by molar-refractivity contribution is 5.26. The summed E-state index contributed by atoms with van der Waals surface area (Å²) in [6, 6.07) is 3.97. The van der Waals surface area contributed by atoms with Gasteiger partial charge in [-0.3, -0.25) is 4.98 Å². The fourth-order valence-corrected chi connectivity index (χ4v) is 2.78. The van der Waals surface area contributed by atoms with Gasteiger partial charge in [-0.2, -0.15) is 0 Å². The summed E-state index contributed by atoms with van der Waals surface area (Å²) in [7, 11) is 3.91. The zero-order valence-corrected chi connectivity index (χ0v) is 13.0. The maximum Gasteiger partial charge on any atom is 0.122 e. The molecule has 1 fully saturated rings. The lowest BCUT2D eigenvalue weighted by Gasteiger charge is -2.28. The maximum absolute atomic E-state index is 5.27. The van der Waals surface area contributed by atoms with E-state index in [1.54, 1.807) is 7.11 Å². The average molecular weight is 277 g/mol. The van der Waals surface area contributed by atoms with Gasteiger partial charge in [0.2, 0.25) is 0 Å². The Morgan fingerprint density at radius 2 is 2.10 bits per heavy atom. The van der Waals surface area contributed by atoms with Crippen LogP contribution in [0.25, 0.3) is 0 Å². The van der Waals surface area contributed by atoms with Crippen LogP contribution in [0.3, 0.4) is 0 Å². The normalized spacial score (nSPS) is 17.4. The second-order valence-corrected chi connectivity index (χ2v) is 5.85. The zero-order chi connectivity index (χ0) is 14.4. The largest absolute Gasteiger partial charge is 0.497 e. The van der Waals surface area contributed by atoms with Crippen LogP contribution in [0.4, 0.5) is 0 Å². The Morgan fingerprint density at radius 1 is 1.35 bits per heavy atom. The van der Waals surface area contributed by atoms with Gasteiger partial charge in [-0.15, -0.1) is 0 Å². The Balaban J connectivity index is 1.69. The molecule has 1 aromatic heterocycles. The second-order valence-electron chi connectivity index (χ2n) is 5.85. The maximum atomic E-state index is 5.27. The topological polar surface area (TPSA) is 37.4 Å². The summed E-state index contributed by atoms with van der Waals surface area (Å²) in [5, 5.41) is 3.51. The van der Waals surface area contributed by atoms with E-state index >= 15 is 0 Å². The number of ether oxygens (including phenoxy) is 1. The summed E-state index contributed by atoms with van der Waals surface area (Å²) < 4.78 is 5.27. The molecule has 0 radical (unpaired) electrons. The minimum absolute atomic E-state index is 0.824. The number of methoxy groups -OCH3 is 1. The van der Waals surface area contributed by atoms with Crippen LogP contribution in [-0.4, -0.2) is 43.7 Å². The van der Waals surface area contributed by atoms with Gasteiger partial charge in [0.05, 0.1) is 12.8 Å². The summed E-state index contributed by atoms with van der Waals surface area (Å²) >= 11 is 0. The molecule has 2 heterocycles. The van der Waals surface area contributed by atoms with Crippen molar-refractivity contribution >= 4 is 0 Å². The molecule has 0 spiro atoms. The Bertz CT molecular complexity index is 414. The predicted octanol–water partition coefficient (Wildman–Crippen LogP) is 2.22. The van der Waals surface area contributed by atoms with Crippen LogP contribution >= 0.6 is 0 Å². The first-order chi connectivity index (χ1) is 9.67. The monoisotopic (exact) mass is 277 g/mol. The minimum Gasteiger partial charge on any atom is -0.497 e. The number of aryl methyl sites for hydroxylation is 1. The first-order valence-corrected chi connectivity index (χ1v) is 7.58. The highest BCUT2D eigenvalue weighted by Gasteiger charge is 2.15. The molecular formula is C16H27N3O. The van der Waals surface area contributed by atoms with Crippen molar-refractivity contribution in [3.8, 4) is 5.75 Å². The van der Waals surface area contributed by atoms with E-state index in [4.69, 9.17) is 4.74 Å². The molecule has 1 saturated heterocycles. The molecule has 0 saturated carbocycles. The lowest BCUT2D eigenvalue weighted by Crippen LogP contribution is -2.31. The van der Waals surface area contributed by atoms with Crippen LogP contribution in [0.5, 0.6) is 5.75 Å². The number of likely N-dealkylation sites (tertiary alicyclic amines) is 1. The standard InChI is InChI=1S/C16H27N3O/c1-13-10-16(20-3)11-15(18-13)12-17-7-4-14-5-8-19(2)9-6-14/h10-11,14,17H,4-9,12H2,1-3H3. The minimum atomic E-state index is 0.824. The van der Waals surface area contributed by atoms with Gasteiger partial charge in [0, 0.05) is 24.4 Å². The van der Waals surface area contributed by atoms with E-state index < -0.39 is 0 Å². The zero-order valence-electron chi connectivity index (χ0n) is 13.0. The summed E-state index contributed by atoms with van der Waals surface area (Å²) in [6.45, 7) is 6.41. The molecule has 1 N–H and O–H groups in total. The SMILES string of the molecule is COc1cc(C)nc(CNCCC2CCN(C)CC2)c1. The molecule has 1 aliphatic rings. The molecule has 4 heteroatoms. The van der Waals surface area contributed by atoms with Gasteiger partial charge in [-0.05, 0) is 58.8 Å². The van der Waals surface area contributed by atoms with Crippen LogP contribution in [0, 0.1) is 12.8 Å². The van der Waals surface area contributed by atoms with Crippen LogP contribution in [-0.2, 0) is 6.54 Å². The quantitative estimate of drug-likeness (QED) is 0.809. The van der Waals surface area contributed by atoms with E-state index in [1.807, 2.05) is 19.1 Å². The van der Waals surface area contributed by atoms with Gasteiger partial charge >= 0.3 is 0 Å². The van der Waals surface area contributed by atoms with Gasteiger partial charge in [-0.1, -0.05) is 0 Å². The van der Waals surface area contributed by atoms with Crippen LogP contribution in [0.2, 0.25) is 0 Å². The van der Waals surface area contributed by atoms with Gasteiger partial charge in [0.15, 0.2) is 0 Å². The van der Waals surface area contributed by atoms with E-state index in [1.165, 1.54) is 32.4 Å². The van der Waals surface area contributed by atoms with Crippen LogP contribution in [0.1, 0.15) is 30.7 Å². The van der Waals surface area contributed by atoms with Crippen molar-refractivity contribution in [3.63, 3.8) is 0 Å². The molecule has 0 bridgehead atoms. The van der Waals surface area contributed by atoms with Crippen LogP contribution in [0.15, 0.2) is 12.1 Å². The molecule has 1 aromatic rings. The number of piperidine rings is 1. The summed E-state index contributed by atoms with van der Waals surface area (Å²) in [4.78, 5) is 6.95. The number of aromatic nitrogens is 1. The Labute approximate surface area is 122 Å². The average Bonchev–Trinajstić information content (AvgIpc) is 2.45. The number of pyridine rings is 1. The van der Waals surface area contributed by atoms with Gasteiger partial charge in [0.25, 0.3) is 0 Å². The van der Waals surface area contributed by atoms with Gasteiger partial charge in [-0.25, -0.2) is 0 Å². The predicted molar refractivity (Wildman–Crippen MR) is 82.1 cm³/mol. The van der Waals surface area contributed by atoms with Crippen molar-refractivity contribution in [1.82, 2.24) is 15.2 Å². The van der Waals surface area contributed by atoms with Crippen LogP contribution < -0.4 is 10.1 Å². The molecule has 0 atom stereocenters. The van der Waals surface area contributed by atoms with Crippen molar-refractivity contribution in [2.45, 2.75) is 32.7 Å². The Morgan fingerprint density at radius 3 is 2.80 bits per heavy atom. The van der Waals surface area contributed by atoms with Crippen molar-refractivity contribution in [2.24, 2.45) is 5.92 Å². The molecule has 1 aliphatic heterocycles.